The monoisotopic (exact) mass is 277 g/mol. The average Bonchev–Trinajstić information content (AvgIpc) is 2.48. The van der Waals surface area contributed by atoms with Gasteiger partial charge in [-0.25, -0.2) is 4.79 Å². The fourth-order valence-electron chi connectivity index (χ4n) is 2.48. The first-order valence-corrected chi connectivity index (χ1v) is 7.38. The van der Waals surface area contributed by atoms with Gasteiger partial charge in [-0.1, -0.05) is 13.0 Å². The minimum Gasteiger partial charge on any atom is -0.462 e. The van der Waals surface area contributed by atoms with E-state index in [1.54, 1.807) is 6.07 Å². The minimum atomic E-state index is -0.269. The molecule has 0 spiro atoms. The van der Waals surface area contributed by atoms with E-state index < -0.39 is 0 Å². The zero-order chi connectivity index (χ0) is 14.4. The summed E-state index contributed by atoms with van der Waals surface area (Å²) in [5.74, 6) is -0.269. The maximum atomic E-state index is 11.7. The van der Waals surface area contributed by atoms with Gasteiger partial charge in [-0.2, -0.15) is 0 Å². The molecule has 2 unspecified atom stereocenters. The van der Waals surface area contributed by atoms with E-state index in [1.807, 2.05) is 25.1 Å². The van der Waals surface area contributed by atoms with Crippen molar-refractivity contribution in [1.82, 2.24) is 0 Å². The van der Waals surface area contributed by atoms with Gasteiger partial charge >= 0.3 is 5.97 Å². The molecule has 1 fully saturated rings. The summed E-state index contributed by atoms with van der Waals surface area (Å²) in [5.41, 5.74) is 1.56. The van der Waals surface area contributed by atoms with Crippen LogP contribution in [-0.2, 0) is 9.47 Å². The lowest BCUT2D eigenvalue weighted by atomic mass is 10.0. The van der Waals surface area contributed by atoms with Gasteiger partial charge in [0.1, 0.15) is 0 Å². The lowest BCUT2D eigenvalue weighted by molar-refractivity contribution is 0.00925. The van der Waals surface area contributed by atoms with Crippen LogP contribution < -0.4 is 5.32 Å². The van der Waals surface area contributed by atoms with Crippen molar-refractivity contribution in [2.75, 3.05) is 18.5 Å². The number of esters is 1. The second-order valence-electron chi connectivity index (χ2n) is 5.07. The number of hydrogen-bond acceptors (Lipinski definition) is 4. The zero-order valence-electron chi connectivity index (χ0n) is 12.2. The lowest BCUT2D eigenvalue weighted by Gasteiger charge is -2.30. The lowest BCUT2D eigenvalue weighted by Crippen LogP contribution is -2.33. The molecule has 0 amide bonds. The molecule has 2 atom stereocenters. The Labute approximate surface area is 120 Å². The van der Waals surface area contributed by atoms with Crippen molar-refractivity contribution in [3.8, 4) is 0 Å². The van der Waals surface area contributed by atoms with Gasteiger partial charge in [-0.15, -0.1) is 0 Å². The predicted octanol–water partition coefficient (Wildman–Crippen LogP) is 3.23. The summed E-state index contributed by atoms with van der Waals surface area (Å²) < 4.78 is 10.7. The quantitative estimate of drug-likeness (QED) is 0.839. The summed E-state index contributed by atoms with van der Waals surface area (Å²) in [6.07, 6.45) is 3.40. The zero-order valence-corrected chi connectivity index (χ0v) is 12.2. The number of anilines is 1. The standard InChI is InChI=1S/C16H23NO3/c1-3-15-11-14(8-9-20-15)17-13-7-5-6-12(10-13)16(18)19-4-2/h5-7,10,14-15,17H,3-4,8-9,11H2,1-2H3. The van der Waals surface area contributed by atoms with Gasteiger partial charge in [0.2, 0.25) is 0 Å². The van der Waals surface area contributed by atoms with Crippen molar-refractivity contribution in [2.45, 2.75) is 45.3 Å². The van der Waals surface area contributed by atoms with Gasteiger partial charge in [0, 0.05) is 18.3 Å². The first-order chi connectivity index (χ1) is 9.72. The number of nitrogens with one attached hydrogen (secondary N) is 1. The molecule has 0 aliphatic carbocycles. The van der Waals surface area contributed by atoms with Crippen LogP contribution in [0.3, 0.4) is 0 Å². The fraction of sp³-hybridized carbons (Fsp3) is 0.562. The maximum Gasteiger partial charge on any atom is 0.338 e. The predicted molar refractivity (Wildman–Crippen MR) is 79.1 cm³/mol. The van der Waals surface area contributed by atoms with E-state index in [9.17, 15) is 4.79 Å². The summed E-state index contributed by atoms with van der Waals surface area (Å²) in [7, 11) is 0. The van der Waals surface area contributed by atoms with E-state index in [2.05, 4.69) is 12.2 Å². The molecule has 2 rings (SSSR count). The Hall–Kier alpha value is -1.55. The molecule has 0 bridgehead atoms. The SMILES string of the molecule is CCOC(=O)c1cccc(NC2CCOC(CC)C2)c1. The highest BCUT2D eigenvalue weighted by molar-refractivity contribution is 5.90. The number of carbonyl (C=O) groups is 1. The van der Waals surface area contributed by atoms with Crippen LogP contribution in [0.1, 0.15) is 43.5 Å². The molecule has 1 aliphatic rings. The second kappa shape index (κ2) is 7.29. The number of hydrogen-bond donors (Lipinski definition) is 1. The molecule has 1 N–H and O–H groups in total. The molecule has 0 saturated carbocycles. The third-order valence-corrected chi connectivity index (χ3v) is 3.57. The Morgan fingerprint density at radius 2 is 2.30 bits per heavy atom. The van der Waals surface area contributed by atoms with Gasteiger partial charge in [-0.05, 0) is 44.4 Å². The van der Waals surface area contributed by atoms with Crippen LogP contribution in [0.2, 0.25) is 0 Å². The van der Waals surface area contributed by atoms with Crippen LogP contribution >= 0.6 is 0 Å². The molecule has 1 aliphatic heterocycles. The normalized spacial score (nSPS) is 22.3. The molecule has 20 heavy (non-hydrogen) atoms. The van der Waals surface area contributed by atoms with Crippen molar-refractivity contribution in [3.63, 3.8) is 0 Å². The van der Waals surface area contributed by atoms with Crippen molar-refractivity contribution in [3.05, 3.63) is 29.8 Å². The first kappa shape index (κ1) is 14.9. The van der Waals surface area contributed by atoms with E-state index in [0.717, 1.165) is 31.6 Å². The Kier molecular flexibility index (Phi) is 5.41. The van der Waals surface area contributed by atoms with Crippen LogP contribution in [0, 0.1) is 0 Å². The van der Waals surface area contributed by atoms with E-state index in [-0.39, 0.29) is 5.97 Å². The topological polar surface area (TPSA) is 47.6 Å². The highest BCUT2D eigenvalue weighted by atomic mass is 16.5. The molecule has 1 aromatic carbocycles. The van der Waals surface area contributed by atoms with Crippen molar-refractivity contribution in [2.24, 2.45) is 0 Å². The third kappa shape index (κ3) is 3.97. The third-order valence-electron chi connectivity index (χ3n) is 3.57. The van der Waals surface area contributed by atoms with Crippen molar-refractivity contribution < 1.29 is 14.3 Å². The summed E-state index contributed by atoms with van der Waals surface area (Å²) in [5, 5.41) is 3.49. The van der Waals surface area contributed by atoms with Gasteiger partial charge in [0.15, 0.2) is 0 Å². The van der Waals surface area contributed by atoms with Crippen LogP contribution in [0.25, 0.3) is 0 Å². The first-order valence-electron chi connectivity index (χ1n) is 7.38. The van der Waals surface area contributed by atoms with Crippen LogP contribution in [0.4, 0.5) is 5.69 Å². The van der Waals surface area contributed by atoms with E-state index in [4.69, 9.17) is 9.47 Å². The van der Waals surface area contributed by atoms with E-state index in [0.29, 0.717) is 24.3 Å². The molecule has 1 aromatic rings. The molecule has 4 heteroatoms. The molecule has 0 aromatic heterocycles. The maximum absolute atomic E-state index is 11.7. The van der Waals surface area contributed by atoms with Crippen molar-refractivity contribution >= 4 is 11.7 Å². The Bertz CT molecular complexity index is 447. The van der Waals surface area contributed by atoms with Gasteiger partial charge in [0.25, 0.3) is 0 Å². The highest BCUT2D eigenvalue weighted by Crippen LogP contribution is 2.21. The van der Waals surface area contributed by atoms with Crippen molar-refractivity contribution in [1.29, 1.82) is 0 Å². The fourth-order valence-corrected chi connectivity index (χ4v) is 2.48. The Morgan fingerprint density at radius 1 is 1.45 bits per heavy atom. The molecule has 0 radical (unpaired) electrons. The van der Waals surface area contributed by atoms with Gasteiger partial charge < -0.3 is 14.8 Å². The Morgan fingerprint density at radius 3 is 3.05 bits per heavy atom. The van der Waals surface area contributed by atoms with Gasteiger partial charge in [-0.3, -0.25) is 0 Å². The average molecular weight is 277 g/mol. The van der Waals surface area contributed by atoms with Gasteiger partial charge in [0.05, 0.1) is 18.3 Å². The molecule has 1 heterocycles. The summed E-state index contributed by atoms with van der Waals surface area (Å²) >= 11 is 0. The molecular formula is C16H23NO3. The number of rotatable bonds is 5. The number of carbonyl (C=O) groups excluding carboxylic acids is 1. The highest BCUT2D eigenvalue weighted by Gasteiger charge is 2.21. The summed E-state index contributed by atoms with van der Waals surface area (Å²) in [6.45, 7) is 5.16. The largest absolute Gasteiger partial charge is 0.462 e. The van der Waals surface area contributed by atoms with Crippen LogP contribution in [-0.4, -0.2) is 31.3 Å². The minimum absolute atomic E-state index is 0.269. The van der Waals surface area contributed by atoms with E-state index >= 15 is 0 Å². The van der Waals surface area contributed by atoms with Crippen LogP contribution in [0.15, 0.2) is 24.3 Å². The van der Waals surface area contributed by atoms with Crippen LogP contribution in [0.5, 0.6) is 0 Å². The molecule has 4 nitrogen and oxygen atoms in total. The number of benzene rings is 1. The molecular weight excluding hydrogens is 254 g/mol. The Balaban J connectivity index is 1.98. The second-order valence-corrected chi connectivity index (χ2v) is 5.07. The molecule has 110 valence electrons. The smallest absolute Gasteiger partial charge is 0.338 e. The molecule has 1 saturated heterocycles. The summed E-state index contributed by atoms with van der Waals surface area (Å²) in [4.78, 5) is 11.7. The number of ether oxygens (including phenoxy) is 2. The van der Waals surface area contributed by atoms with E-state index in [1.165, 1.54) is 0 Å². The summed E-state index contributed by atoms with van der Waals surface area (Å²) in [6, 6.07) is 7.91.